The second-order valence-electron chi connectivity index (χ2n) is 5.60. The predicted octanol–water partition coefficient (Wildman–Crippen LogP) is 5.96. The number of rotatable bonds is 3. The van der Waals surface area contributed by atoms with Crippen molar-refractivity contribution in [3.05, 3.63) is 75.6 Å². The van der Waals surface area contributed by atoms with Gasteiger partial charge in [0.1, 0.15) is 5.75 Å². The number of ether oxygens (including phenoxy) is 1. The van der Waals surface area contributed by atoms with Crippen molar-refractivity contribution in [1.29, 1.82) is 0 Å². The minimum atomic E-state index is 0.582. The van der Waals surface area contributed by atoms with E-state index in [1.54, 1.807) is 7.11 Å². The molecule has 3 nitrogen and oxygen atoms in total. The Morgan fingerprint density at radius 3 is 2.48 bits per heavy atom. The fourth-order valence-corrected chi connectivity index (χ4v) is 3.95. The Kier molecular flexibility index (Phi) is 4.39. The zero-order valence-electron chi connectivity index (χ0n) is 13.4. The molecule has 0 atom stereocenters. The SMILES string of the molecule is COc1ccc(-n2c(I)nc3cc(-c4ccccc4)ccc32)cc1Cl. The molecule has 0 aliphatic rings. The Balaban J connectivity index is 1.86. The quantitative estimate of drug-likeness (QED) is 0.353. The molecule has 25 heavy (non-hydrogen) atoms. The van der Waals surface area contributed by atoms with Crippen LogP contribution in [0.4, 0.5) is 0 Å². The van der Waals surface area contributed by atoms with Gasteiger partial charge in [-0.25, -0.2) is 4.98 Å². The van der Waals surface area contributed by atoms with E-state index in [0.717, 1.165) is 26.1 Å². The maximum Gasteiger partial charge on any atom is 0.177 e. The average molecular weight is 461 g/mol. The van der Waals surface area contributed by atoms with E-state index in [0.29, 0.717) is 10.8 Å². The molecule has 5 heteroatoms. The van der Waals surface area contributed by atoms with Crippen molar-refractivity contribution >= 4 is 45.2 Å². The molecule has 0 saturated heterocycles. The number of hydrogen-bond acceptors (Lipinski definition) is 2. The predicted molar refractivity (Wildman–Crippen MR) is 111 cm³/mol. The largest absolute Gasteiger partial charge is 0.495 e. The monoisotopic (exact) mass is 460 g/mol. The average Bonchev–Trinajstić information content (AvgIpc) is 2.97. The number of methoxy groups -OCH3 is 1. The first-order chi connectivity index (χ1) is 12.2. The van der Waals surface area contributed by atoms with Gasteiger partial charge in [0.15, 0.2) is 3.83 Å². The molecule has 0 aliphatic heterocycles. The molecule has 0 N–H and O–H groups in total. The van der Waals surface area contributed by atoms with Gasteiger partial charge in [-0.2, -0.15) is 0 Å². The zero-order chi connectivity index (χ0) is 17.4. The summed E-state index contributed by atoms with van der Waals surface area (Å²) in [5.41, 5.74) is 5.30. The fraction of sp³-hybridized carbons (Fsp3) is 0.0500. The van der Waals surface area contributed by atoms with Crippen molar-refractivity contribution < 1.29 is 4.74 Å². The Hall–Kier alpha value is -2.05. The van der Waals surface area contributed by atoms with Gasteiger partial charge in [-0.05, 0) is 41.5 Å². The molecule has 1 heterocycles. The molecule has 0 bridgehead atoms. The van der Waals surface area contributed by atoms with Crippen molar-refractivity contribution in [2.75, 3.05) is 7.11 Å². The topological polar surface area (TPSA) is 27.1 Å². The van der Waals surface area contributed by atoms with E-state index >= 15 is 0 Å². The lowest BCUT2D eigenvalue weighted by molar-refractivity contribution is 0.415. The smallest absolute Gasteiger partial charge is 0.177 e. The van der Waals surface area contributed by atoms with Gasteiger partial charge < -0.3 is 4.74 Å². The van der Waals surface area contributed by atoms with Crippen LogP contribution in [0.2, 0.25) is 5.02 Å². The second-order valence-corrected chi connectivity index (χ2v) is 6.98. The van der Waals surface area contributed by atoms with E-state index in [1.165, 1.54) is 5.56 Å². The van der Waals surface area contributed by atoms with Crippen LogP contribution < -0.4 is 4.74 Å². The van der Waals surface area contributed by atoms with Crippen LogP contribution in [0.5, 0.6) is 5.75 Å². The van der Waals surface area contributed by atoms with Gasteiger partial charge >= 0.3 is 0 Å². The first-order valence-corrected chi connectivity index (χ1v) is 9.20. The molecule has 3 aromatic carbocycles. The number of halogens is 2. The molecule has 124 valence electrons. The molecule has 0 amide bonds. The highest BCUT2D eigenvalue weighted by Gasteiger charge is 2.13. The van der Waals surface area contributed by atoms with Crippen LogP contribution in [0.25, 0.3) is 27.8 Å². The van der Waals surface area contributed by atoms with Crippen molar-refractivity contribution in [2.24, 2.45) is 0 Å². The third-order valence-electron chi connectivity index (χ3n) is 4.11. The Morgan fingerprint density at radius 2 is 1.76 bits per heavy atom. The minimum Gasteiger partial charge on any atom is -0.495 e. The standard InChI is InChI=1S/C20H14ClIN2O/c1-25-19-10-8-15(12-16(19)21)24-18-9-7-14(11-17(18)23-20(24)22)13-5-3-2-4-6-13/h2-12H,1H3. The van der Waals surface area contributed by atoms with Crippen molar-refractivity contribution in [3.63, 3.8) is 0 Å². The van der Waals surface area contributed by atoms with E-state index in [1.807, 2.05) is 36.4 Å². The number of imidazole rings is 1. The van der Waals surface area contributed by atoms with Crippen LogP contribution in [0.15, 0.2) is 66.7 Å². The summed E-state index contributed by atoms with van der Waals surface area (Å²) in [6.07, 6.45) is 0. The van der Waals surface area contributed by atoms with Crippen molar-refractivity contribution in [3.8, 4) is 22.6 Å². The fourth-order valence-electron chi connectivity index (χ4n) is 2.90. The van der Waals surface area contributed by atoms with Gasteiger partial charge in [-0.1, -0.05) is 48.0 Å². The summed E-state index contributed by atoms with van der Waals surface area (Å²) in [5.74, 6) is 0.663. The van der Waals surface area contributed by atoms with Gasteiger partial charge in [0.2, 0.25) is 0 Å². The maximum atomic E-state index is 6.29. The van der Waals surface area contributed by atoms with Crippen LogP contribution in [-0.2, 0) is 0 Å². The highest BCUT2D eigenvalue weighted by atomic mass is 127. The van der Waals surface area contributed by atoms with Gasteiger partial charge in [-0.3, -0.25) is 4.57 Å². The maximum absolute atomic E-state index is 6.29. The molecule has 4 rings (SSSR count). The minimum absolute atomic E-state index is 0.582. The molecule has 0 aliphatic carbocycles. The van der Waals surface area contributed by atoms with Crippen LogP contribution in [-0.4, -0.2) is 16.7 Å². The normalized spacial score (nSPS) is 11.0. The van der Waals surface area contributed by atoms with Crippen molar-refractivity contribution in [2.45, 2.75) is 0 Å². The van der Waals surface area contributed by atoms with E-state index < -0.39 is 0 Å². The first-order valence-electron chi connectivity index (χ1n) is 7.75. The summed E-state index contributed by atoms with van der Waals surface area (Å²) >= 11 is 8.54. The number of aromatic nitrogens is 2. The molecule has 0 radical (unpaired) electrons. The molecular formula is C20H14ClIN2O. The second kappa shape index (κ2) is 6.69. The van der Waals surface area contributed by atoms with Crippen LogP contribution in [0.1, 0.15) is 0 Å². The summed E-state index contributed by atoms with van der Waals surface area (Å²) in [4.78, 5) is 4.72. The van der Waals surface area contributed by atoms with Crippen LogP contribution >= 0.6 is 34.2 Å². The molecule has 0 spiro atoms. The molecule has 0 saturated carbocycles. The molecule has 4 aromatic rings. The molecule has 0 fully saturated rings. The zero-order valence-corrected chi connectivity index (χ0v) is 16.3. The number of nitrogens with zero attached hydrogens (tertiary/aromatic N) is 2. The third kappa shape index (κ3) is 3.00. The van der Waals surface area contributed by atoms with Gasteiger partial charge in [0.25, 0.3) is 0 Å². The molecule has 0 unspecified atom stereocenters. The summed E-state index contributed by atoms with van der Waals surface area (Å²) in [5, 5.41) is 0.582. The lowest BCUT2D eigenvalue weighted by atomic mass is 10.1. The van der Waals surface area contributed by atoms with Gasteiger partial charge in [-0.15, -0.1) is 0 Å². The summed E-state index contributed by atoms with van der Waals surface area (Å²) in [6.45, 7) is 0. The van der Waals surface area contributed by atoms with E-state index in [2.05, 4.69) is 57.5 Å². The Morgan fingerprint density at radius 1 is 0.960 bits per heavy atom. The van der Waals surface area contributed by atoms with Crippen LogP contribution in [0.3, 0.4) is 0 Å². The summed E-state index contributed by atoms with van der Waals surface area (Å²) < 4.78 is 8.22. The van der Waals surface area contributed by atoms with Crippen molar-refractivity contribution in [1.82, 2.24) is 9.55 Å². The van der Waals surface area contributed by atoms with Gasteiger partial charge in [0.05, 0.1) is 23.2 Å². The number of fused-ring (bicyclic) bond motifs is 1. The third-order valence-corrected chi connectivity index (χ3v) is 5.13. The highest BCUT2D eigenvalue weighted by Crippen LogP contribution is 2.31. The highest BCUT2D eigenvalue weighted by molar-refractivity contribution is 14.1. The number of benzene rings is 3. The summed E-state index contributed by atoms with van der Waals surface area (Å²) in [7, 11) is 1.61. The molecule has 1 aromatic heterocycles. The lowest BCUT2D eigenvalue weighted by Crippen LogP contribution is -1.97. The van der Waals surface area contributed by atoms with E-state index in [9.17, 15) is 0 Å². The number of hydrogen-bond donors (Lipinski definition) is 0. The Bertz CT molecular complexity index is 1060. The summed E-state index contributed by atoms with van der Waals surface area (Å²) in [6, 6.07) is 22.4. The van der Waals surface area contributed by atoms with Gasteiger partial charge in [0, 0.05) is 28.3 Å². The van der Waals surface area contributed by atoms with E-state index in [-0.39, 0.29) is 0 Å². The molecular weight excluding hydrogens is 447 g/mol. The van der Waals surface area contributed by atoms with Crippen LogP contribution in [0, 0.1) is 3.83 Å². The first kappa shape index (κ1) is 16.4. The van der Waals surface area contributed by atoms with E-state index in [4.69, 9.17) is 21.3 Å². The Labute approximate surface area is 164 Å². The lowest BCUT2D eigenvalue weighted by Gasteiger charge is -2.09.